The monoisotopic (exact) mass is 413 g/mol. The molecule has 28 heavy (non-hydrogen) atoms. The van der Waals surface area contributed by atoms with E-state index in [4.69, 9.17) is 0 Å². The number of carbonyl (C=O) groups excluding carboxylic acids is 1. The van der Waals surface area contributed by atoms with Gasteiger partial charge < -0.3 is 4.90 Å². The highest BCUT2D eigenvalue weighted by atomic mass is 32.1. The second kappa shape index (κ2) is 7.27. The summed E-state index contributed by atoms with van der Waals surface area (Å²) in [5, 5.41) is 14.4. The highest BCUT2D eigenvalue weighted by Gasteiger charge is 2.35. The zero-order valence-electron chi connectivity index (χ0n) is 14.3. The van der Waals surface area contributed by atoms with Gasteiger partial charge in [-0.25, -0.2) is 4.98 Å². The zero-order valence-corrected chi connectivity index (χ0v) is 15.1. The van der Waals surface area contributed by atoms with Crippen molar-refractivity contribution in [1.29, 1.82) is 0 Å². The van der Waals surface area contributed by atoms with Gasteiger partial charge in [-0.1, -0.05) is 11.3 Å². The lowest BCUT2D eigenvalue weighted by molar-refractivity contribution is -0.141. The Hall–Kier alpha value is -2.87. The molecular formula is C14H14F3N9OS. The Bertz CT molecular complexity index is 966. The van der Waals surface area contributed by atoms with Gasteiger partial charge in [0, 0.05) is 32.2 Å². The number of hydrogen-bond acceptors (Lipinski definition) is 9. The summed E-state index contributed by atoms with van der Waals surface area (Å²) in [5.74, 6) is -0.0522. The molecule has 10 nitrogen and oxygen atoms in total. The molecular weight excluding hydrogens is 399 g/mol. The molecule has 1 amide bonds. The molecule has 1 aliphatic heterocycles. The summed E-state index contributed by atoms with van der Waals surface area (Å²) in [6.07, 6.45) is -3.41. The van der Waals surface area contributed by atoms with Crippen LogP contribution in [-0.4, -0.2) is 73.3 Å². The van der Waals surface area contributed by atoms with Crippen LogP contribution < -0.4 is 10.2 Å². The van der Waals surface area contributed by atoms with Crippen molar-refractivity contribution in [2.24, 2.45) is 0 Å². The number of fused-ring (bicyclic) bond motifs is 1. The molecule has 1 saturated heterocycles. The third-order valence-corrected chi connectivity index (χ3v) is 4.80. The molecule has 4 heterocycles. The van der Waals surface area contributed by atoms with Crippen molar-refractivity contribution >= 4 is 34.0 Å². The van der Waals surface area contributed by atoms with Crippen LogP contribution in [0.5, 0.6) is 0 Å². The van der Waals surface area contributed by atoms with E-state index >= 15 is 0 Å². The standard InChI is InChI=1S/C14H14F3N9OS/c15-14(16,17)9-5-11(26-12(21-9)18-7-20-26)25-3-1-24(2-4-25)6-10(27)22-13-23-19-8-28-13/h5,7-8H,1-4,6H2,(H,22,23,27). The first-order chi connectivity index (χ1) is 13.4. The summed E-state index contributed by atoms with van der Waals surface area (Å²) in [7, 11) is 0. The van der Waals surface area contributed by atoms with Crippen LogP contribution in [0.2, 0.25) is 0 Å². The minimum Gasteiger partial charge on any atom is -0.354 e. The second-order valence-corrected chi connectivity index (χ2v) is 6.86. The maximum Gasteiger partial charge on any atom is 0.433 e. The molecule has 0 spiro atoms. The first-order valence-electron chi connectivity index (χ1n) is 8.21. The number of halogens is 3. The minimum atomic E-state index is -4.58. The molecule has 0 aromatic carbocycles. The fraction of sp³-hybridized carbons (Fsp3) is 0.429. The quantitative estimate of drug-likeness (QED) is 0.669. The lowest BCUT2D eigenvalue weighted by Crippen LogP contribution is -2.49. The molecule has 0 unspecified atom stereocenters. The average Bonchev–Trinajstić information content (AvgIpc) is 3.32. The Morgan fingerprint density at radius 1 is 1.25 bits per heavy atom. The van der Waals surface area contributed by atoms with Crippen molar-refractivity contribution in [2.45, 2.75) is 6.18 Å². The Labute approximate surface area is 160 Å². The second-order valence-electron chi connectivity index (χ2n) is 6.02. The first kappa shape index (κ1) is 18.5. The molecule has 0 atom stereocenters. The summed E-state index contributed by atoms with van der Waals surface area (Å²) < 4.78 is 40.7. The van der Waals surface area contributed by atoms with Gasteiger partial charge in [-0.2, -0.15) is 27.8 Å². The van der Waals surface area contributed by atoms with Gasteiger partial charge in [0.15, 0.2) is 5.69 Å². The number of rotatable bonds is 4. The summed E-state index contributed by atoms with van der Waals surface area (Å²) in [5.41, 5.74) is 0.505. The van der Waals surface area contributed by atoms with Gasteiger partial charge in [0.1, 0.15) is 17.7 Å². The predicted octanol–water partition coefficient (Wildman–Crippen LogP) is 0.755. The lowest BCUT2D eigenvalue weighted by atomic mass is 10.3. The summed E-state index contributed by atoms with van der Waals surface area (Å²) in [6, 6.07) is 0.972. The third kappa shape index (κ3) is 3.87. The molecule has 3 aromatic heterocycles. The largest absolute Gasteiger partial charge is 0.433 e. The van der Waals surface area contributed by atoms with Crippen LogP contribution in [0.3, 0.4) is 0 Å². The number of carbonyl (C=O) groups is 1. The molecule has 4 rings (SSSR count). The number of alkyl halides is 3. The van der Waals surface area contributed by atoms with Crippen LogP contribution in [0.1, 0.15) is 5.69 Å². The van der Waals surface area contributed by atoms with E-state index in [0.717, 1.165) is 6.07 Å². The van der Waals surface area contributed by atoms with Gasteiger partial charge in [0.05, 0.1) is 6.54 Å². The smallest absolute Gasteiger partial charge is 0.354 e. The molecule has 0 bridgehead atoms. The predicted molar refractivity (Wildman–Crippen MR) is 93.0 cm³/mol. The molecule has 1 aliphatic rings. The van der Waals surface area contributed by atoms with E-state index in [-0.39, 0.29) is 24.0 Å². The van der Waals surface area contributed by atoms with Crippen molar-refractivity contribution in [1.82, 2.24) is 34.7 Å². The van der Waals surface area contributed by atoms with E-state index in [1.165, 1.54) is 27.7 Å². The van der Waals surface area contributed by atoms with Crippen molar-refractivity contribution in [3.05, 3.63) is 23.6 Å². The number of piperazine rings is 1. The molecule has 0 radical (unpaired) electrons. The molecule has 1 N–H and O–H groups in total. The molecule has 3 aromatic rings. The van der Waals surface area contributed by atoms with Gasteiger partial charge >= 0.3 is 6.18 Å². The highest BCUT2D eigenvalue weighted by molar-refractivity contribution is 7.13. The summed E-state index contributed by atoms with van der Waals surface area (Å²) >= 11 is 1.22. The average molecular weight is 413 g/mol. The van der Waals surface area contributed by atoms with Crippen molar-refractivity contribution in [2.75, 3.05) is 42.9 Å². The van der Waals surface area contributed by atoms with E-state index in [1.807, 2.05) is 4.90 Å². The summed E-state index contributed by atoms with van der Waals surface area (Å²) in [4.78, 5) is 23.0. The summed E-state index contributed by atoms with van der Waals surface area (Å²) in [6.45, 7) is 2.04. The molecule has 0 aliphatic carbocycles. The first-order valence-corrected chi connectivity index (χ1v) is 9.09. The van der Waals surface area contributed by atoms with Crippen molar-refractivity contribution in [3.63, 3.8) is 0 Å². The Morgan fingerprint density at radius 3 is 2.71 bits per heavy atom. The Kier molecular flexibility index (Phi) is 4.80. The lowest BCUT2D eigenvalue weighted by Gasteiger charge is -2.35. The normalized spacial score (nSPS) is 15.9. The number of nitrogens with zero attached hydrogens (tertiary/aromatic N) is 8. The fourth-order valence-electron chi connectivity index (χ4n) is 2.89. The highest BCUT2D eigenvalue weighted by Crippen LogP contribution is 2.30. The molecule has 0 saturated carbocycles. The topological polar surface area (TPSA) is 104 Å². The molecule has 14 heteroatoms. The van der Waals surface area contributed by atoms with Gasteiger partial charge in [0.2, 0.25) is 11.0 Å². The van der Waals surface area contributed by atoms with Crippen molar-refractivity contribution < 1.29 is 18.0 Å². The maximum absolute atomic E-state index is 13.1. The van der Waals surface area contributed by atoms with Crippen LogP contribution in [0.25, 0.3) is 5.78 Å². The van der Waals surface area contributed by atoms with Gasteiger partial charge in [-0.15, -0.1) is 10.2 Å². The number of aromatic nitrogens is 6. The van der Waals surface area contributed by atoms with Gasteiger partial charge in [0.25, 0.3) is 5.78 Å². The number of nitrogens with one attached hydrogen (secondary N) is 1. The minimum absolute atomic E-state index is 0.108. The van der Waals surface area contributed by atoms with E-state index < -0.39 is 11.9 Å². The number of anilines is 2. The Balaban J connectivity index is 1.43. The third-order valence-electron chi connectivity index (χ3n) is 4.19. The molecule has 1 fully saturated rings. The molecule has 148 valence electrons. The van der Waals surface area contributed by atoms with Gasteiger partial charge in [-0.05, 0) is 0 Å². The number of hydrogen-bond donors (Lipinski definition) is 1. The van der Waals surface area contributed by atoms with Crippen LogP contribution in [-0.2, 0) is 11.0 Å². The fourth-order valence-corrected chi connectivity index (χ4v) is 3.35. The van der Waals surface area contributed by atoms with Crippen LogP contribution >= 0.6 is 11.3 Å². The van der Waals surface area contributed by atoms with Crippen LogP contribution in [0, 0.1) is 0 Å². The van der Waals surface area contributed by atoms with Crippen LogP contribution in [0.15, 0.2) is 17.9 Å². The zero-order chi connectivity index (χ0) is 19.7. The SMILES string of the molecule is O=C(CN1CCN(c2cc(C(F)(F)F)nc3ncnn23)CC1)Nc1nncs1. The maximum atomic E-state index is 13.1. The van der Waals surface area contributed by atoms with E-state index in [1.54, 1.807) is 4.90 Å². The number of amides is 1. The van der Waals surface area contributed by atoms with Gasteiger partial charge in [-0.3, -0.25) is 15.0 Å². The van der Waals surface area contributed by atoms with E-state index in [0.29, 0.717) is 31.3 Å². The van der Waals surface area contributed by atoms with E-state index in [2.05, 4.69) is 30.6 Å². The van der Waals surface area contributed by atoms with E-state index in [9.17, 15) is 18.0 Å². The van der Waals surface area contributed by atoms with Crippen molar-refractivity contribution in [3.8, 4) is 0 Å². The Morgan fingerprint density at radius 2 is 2.04 bits per heavy atom. The van der Waals surface area contributed by atoms with Crippen LogP contribution in [0.4, 0.5) is 24.1 Å².